The number of benzene rings is 1. The normalized spacial score (nSPS) is 14.1. The molecule has 0 atom stereocenters. The zero-order valence-corrected chi connectivity index (χ0v) is 13.0. The third kappa shape index (κ3) is 4.07. The minimum atomic E-state index is -0.874. The molecular weight excluding hydrogens is 322 g/mol. The fourth-order valence-corrected chi connectivity index (χ4v) is 2.75. The van der Waals surface area contributed by atoms with Crippen molar-refractivity contribution in [2.75, 3.05) is 13.1 Å². The van der Waals surface area contributed by atoms with E-state index in [1.54, 1.807) is 11.0 Å². The molecule has 1 N–H and O–H groups in total. The maximum absolute atomic E-state index is 12.6. The standard InChI is InChI=1S/C15H18BrNO3/c1-10-2-5-12(13(16)8-10)15(20)17(7-6-14(18)19)9-11-3-4-11/h2,5,8,11H,3-4,6-7,9H2,1H3,(H,18,19). The van der Waals surface area contributed by atoms with Crippen molar-refractivity contribution in [3.8, 4) is 0 Å². The Morgan fingerprint density at radius 3 is 2.65 bits per heavy atom. The number of aliphatic carboxylic acids is 1. The maximum Gasteiger partial charge on any atom is 0.305 e. The molecule has 5 heteroatoms. The van der Waals surface area contributed by atoms with Crippen molar-refractivity contribution in [2.45, 2.75) is 26.2 Å². The van der Waals surface area contributed by atoms with Crippen LogP contribution in [0.5, 0.6) is 0 Å². The molecule has 1 aliphatic rings. The first-order valence-electron chi connectivity index (χ1n) is 6.74. The van der Waals surface area contributed by atoms with Crippen LogP contribution < -0.4 is 0 Å². The fourth-order valence-electron chi connectivity index (χ4n) is 2.08. The van der Waals surface area contributed by atoms with Crippen LogP contribution in [0.15, 0.2) is 22.7 Å². The van der Waals surface area contributed by atoms with Gasteiger partial charge in [-0.15, -0.1) is 0 Å². The van der Waals surface area contributed by atoms with Gasteiger partial charge < -0.3 is 10.0 Å². The Kier molecular flexibility index (Phi) is 4.81. The van der Waals surface area contributed by atoms with Crippen LogP contribution in [-0.2, 0) is 4.79 Å². The second-order valence-electron chi connectivity index (χ2n) is 5.32. The first-order valence-corrected chi connectivity index (χ1v) is 7.54. The molecule has 2 rings (SSSR count). The van der Waals surface area contributed by atoms with E-state index in [2.05, 4.69) is 15.9 Å². The van der Waals surface area contributed by atoms with Crippen LogP contribution in [0.1, 0.15) is 35.2 Å². The van der Waals surface area contributed by atoms with E-state index < -0.39 is 5.97 Å². The molecule has 0 spiro atoms. The molecule has 1 aromatic carbocycles. The summed E-state index contributed by atoms with van der Waals surface area (Å²) in [5.41, 5.74) is 1.68. The number of hydrogen-bond donors (Lipinski definition) is 1. The molecule has 1 saturated carbocycles. The molecular formula is C15H18BrNO3. The molecule has 1 amide bonds. The number of halogens is 1. The summed E-state index contributed by atoms with van der Waals surface area (Å²) in [4.78, 5) is 25.0. The van der Waals surface area contributed by atoms with Crippen LogP contribution >= 0.6 is 15.9 Å². The lowest BCUT2D eigenvalue weighted by Gasteiger charge is -2.22. The zero-order valence-electron chi connectivity index (χ0n) is 11.4. The summed E-state index contributed by atoms with van der Waals surface area (Å²) in [5.74, 6) is -0.427. The molecule has 0 unspecified atom stereocenters. The van der Waals surface area contributed by atoms with Crippen LogP contribution in [0.2, 0.25) is 0 Å². The highest BCUT2D eigenvalue weighted by Crippen LogP contribution is 2.30. The Labute approximate surface area is 126 Å². The van der Waals surface area contributed by atoms with Gasteiger partial charge in [0.05, 0.1) is 12.0 Å². The van der Waals surface area contributed by atoms with Crippen molar-refractivity contribution in [1.82, 2.24) is 4.90 Å². The van der Waals surface area contributed by atoms with E-state index in [-0.39, 0.29) is 18.9 Å². The Bertz CT molecular complexity index is 526. The second-order valence-corrected chi connectivity index (χ2v) is 6.18. The quantitative estimate of drug-likeness (QED) is 0.866. The molecule has 0 aliphatic heterocycles. The Morgan fingerprint density at radius 1 is 1.40 bits per heavy atom. The summed E-state index contributed by atoms with van der Waals surface area (Å²) in [5, 5.41) is 8.81. The number of hydrogen-bond acceptors (Lipinski definition) is 2. The number of carboxylic acid groups (broad SMARTS) is 1. The summed E-state index contributed by atoms with van der Waals surface area (Å²) in [6, 6.07) is 5.59. The molecule has 0 aromatic heterocycles. The first kappa shape index (κ1) is 15.0. The lowest BCUT2D eigenvalue weighted by atomic mass is 10.1. The van der Waals surface area contributed by atoms with Crippen molar-refractivity contribution < 1.29 is 14.7 Å². The molecule has 0 saturated heterocycles. The van der Waals surface area contributed by atoms with Gasteiger partial charge in [-0.2, -0.15) is 0 Å². The summed E-state index contributed by atoms with van der Waals surface area (Å²) in [6.45, 7) is 2.89. The predicted molar refractivity (Wildman–Crippen MR) is 79.8 cm³/mol. The third-order valence-electron chi connectivity index (χ3n) is 3.41. The van der Waals surface area contributed by atoms with Gasteiger partial charge in [0.1, 0.15) is 0 Å². The SMILES string of the molecule is Cc1ccc(C(=O)N(CCC(=O)O)CC2CC2)c(Br)c1. The monoisotopic (exact) mass is 339 g/mol. The van der Waals surface area contributed by atoms with Crippen molar-refractivity contribution in [2.24, 2.45) is 5.92 Å². The van der Waals surface area contributed by atoms with Crippen LogP contribution in [0, 0.1) is 12.8 Å². The highest BCUT2D eigenvalue weighted by molar-refractivity contribution is 9.10. The smallest absolute Gasteiger partial charge is 0.305 e. The number of nitrogens with zero attached hydrogens (tertiary/aromatic N) is 1. The van der Waals surface area contributed by atoms with Crippen molar-refractivity contribution in [1.29, 1.82) is 0 Å². The van der Waals surface area contributed by atoms with Gasteiger partial charge in [0.25, 0.3) is 5.91 Å². The van der Waals surface area contributed by atoms with Gasteiger partial charge in [-0.25, -0.2) is 0 Å². The van der Waals surface area contributed by atoms with Gasteiger partial charge in [-0.05, 0) is 59.3 Å². The average Bonchev–Trinajstić information content (AvgIpc) is 3.17. The Balaban J connectivity index is 2.13. The van der Waals surface area contributed by atoms with Gasteiger partial charge in [0.2, 0.25) is 0 Å². The van der Waals surface area contributed by atoms with E-state index in [1.807, 2.05) is 19.1 Å². The summed E-state index contributed by atoms with van der Waals surface area (Å²) < 4.78 is 0.763. The highest BCUT2D eigenvalue weighted by Gasteiger charge is 2.28. The first-order chi connectivity index (χ1) is 9.47. The van der Waals surface area contributed by atoms with Gasteiger partial charge >= 0.3 is 5.97 Å². The number of amides is 1. The molecule has 0 heterocycles. The van der Waals surface area contributed by atoms with Crippen molar-refractivity contribution >= 4 is 27.8 Å². The number of carbonyl (C=O) groups is 2. The highest BCUT2D eigenvalue weighted by atomic mass is 79.9. The lowest BCUT2D eigenvalue weighted by molar-refractivity contribution is -0.137. The minimum Gasteiger partial charge on any atom is -0.481 e. The number of carbonyl (C=O) groups excluding carboxylic acids is 1. The third-order valence-corrected chi connectivity index (χ3v) is 4.07. The van der Waals surface area contributed by atoms with Crippen LogP contribution in [0.25, 0.3) is 0 Å². The topological polar surface area (TPSA) is 57.6 Å². The molecule has 1 aliphatic carbocycles. The summed E-state index contributed by atoms with van der Waals surface area (Å²) in [6.07, 6.45) is 2.25. The van der Waals surface area contributed by atoms with E-state index in [9.17, 15) is 9.59 Å². The molecule has 1 aromatic rings. The molecule has 1 fully saturated rings. The van der Waals surface area contributed by atoms with Gasteiger partial charge in [0, 0.05) is 17.6 Å². The average molecular weight is 340 g/mol. The Hall–Kier alpha value is -1.36. The van der Waals surface area contributed by atoms with Gasteiger partial charge in [-0.1, -0.05) is 6.07 Å². The largest absolute Gasteiger partial charge is 0.481 e. The van der Waals surface area contributed by atoms with Gasteiger partial charge in [-0.3, -0.25) is 9.59 Å². The van der Waals surface area contributed by atoms with E-state index in [0.717, 1.165) is 22.9 Å². The summed E-state index contributed by atoms with van der Waals surface area (Å²) in [7, 11) is 0. The van der Waals surface area contributed by atoms with E-state index >= 15 is 0 Å². The van der Waals surface area contributed by atoms with Gasteiger partial charge in [0.15, 0.2) is 0 Å². The van der Waals surface area contributed by atoms with Crippen LogP contribution in [-0.4, -0.2) is 35.0 Å². The fraction of sp³-hybridized carbons (Fsp3) is 0.467. The molecule has 0 radical (unpaired) electrons. The van der Waals surface area contributed by atoms with E-state index in [1.165, 1.54) is 0 Å². The van der Waals surface area contributed by atoms with E-state index in [4.69, 9.17) is 5.11 Å². The second kappa shape index (κ2) is 6.39. The minimum absolute atomic E-state index is 0.0120. The lowest BCUT2D eigenvalue weighted by Crippen LogP contribution is -2.35. The van der Waals surface area contributed by atoms with Crippen LogP contribution in [0.4, 0.5) is 0 Å². The van der Waals surface area contributed by atoms with Crippen molar-refractivity contribution in [3.63, 3.8) is 0 Å². The summed E-state index contributed by atoms with van der Waals surface area (Å²) >= 11 is 3.41. The van der Waals surface area contributed by atoms with Crippen LogP contribution in [0.3, 0.4) is 0 Å². The molecule has 20 heavy (non-hydrogen) atoms. The molecule has 0 bridgehead atoms. The zero-order chi connectivity index (χ0) is 14.7. The predicted octanol–water partition coefficient (Wildman–Crippen LogP) is 3.08. The number of rotatable bonds is 6. The molecule has 108 valence electrons. The van der Waals surface area contributed by atoms with E-state index in [0.29, 0.717) is 18.0 Å². The van der Waals surface area contributed by atoms with Crippen molar-refractivity contribution in [3.05, 3.63) is 33.8 Å². The Morgan fingerprint density at radius 2 is 2.10 bits per heavy atom. The molecule has 4 nitrogen and oxygen atoms in total. The maximum atomic E-state index is 12.6. The number of aryl methyl sites for hydroxylation is 1. The number of carboxylic acids is 1.